The molecule has 1 amide bonds. The van der Waals surface area contributed by atoms with Gasteiger partial charge in [-0.3, -0.25) is 4.79 Å². The fourth-order valence-electron chi connectivity index (χ4n) is 2.03. The summed E-state index contributed by atoms with van der Waals surface area (Å²) in [4.78, 5) is 11.8. The highest BCUT2D eigenvalue weighted by Crippen LogP contribution is 2.27. The first kappa shape index (κ1) is 12.6. The minimum atomic E-state index is 0.0503. The minimum absolute atomic E-state index is 0.0503. The molecule has 0 spiro atoms. The fourth-order valence-corrected chi connectivity index (χ4v) is 2.03. The topological polar surface area (TPSA) is 66.9 Å². The molecule has 1 aromatic carbocycles. The van der Waals surface area contributed by atoms with Gasteiger partial charge in [0, 0.05) is 11.6 Å². The van der Waals surface area contributed by atoms with E-state index < -0.39 is 0 Å². The van der Waals surface area contributed by atoms with Crippen molar-refractivity contribution in [2.24, 2.45) is 5.92 Å². The highest BCUT2D eigenvalue weighted by atomic mass is 16.2. The van der Waals surface area contributed by atoms with Gasteiger partial charge in [0.25, 0.3) is 0 Å². The molecule has 5 nitrogen and oxygen atoms in total. The summed E-state index contributed by atoms with van der Waals surface area (Å²) >= 11 is 0. The van der Waals surface area contributed by atoms with E-state index in [0.717, 1.165) is 24.9 Å². The zero-order valence-corrected chi connectivity index (χ0v) is 11.0. The van der Waals surface area contributed by atoms with E-state index in [1.807, 2.05) is 30.3 Å². The molecule has 20 heavy (non-hydrogen) atoms. The summed E-state index contributed by atoms with van der Waals surface area (Å²) in [5.41, 5.74) is 0.952. The molecule has 0 aliphatic heterocycles. The van der Waals surface area contributed by atoms with Gasteiger partial charge in [0.15, 0.2) is 11.6 Å². The van der Waals surface area contributed by atoms with Gasteiger partial charge >= 0.3 is 0 Å². The summed E-state index contributed by atoms with van der Waals surface area (Å²) in [6.07, 6.45) is 3.10. The van der Waals surface area contributed by atoms with Crippen LogP contribution in [-0.4, -0.2) is 16.1 Å². The largest absolute Gasteiger partial charge is 0.339 e. The Labute approximate surface area is 117 Å². The first-order valence-electron chi connectivity index (χ1n) is 6.78. The summed E-state index contributed by atoms with van der Waals surface area (Å²) < 4.78 is 0. The average molecular weight is 268 g/mol. The highest BCUT2D eigenvalue weighted by molar-refractivity contribution is 5.92. The Morgan fingerprint density at radius 1 is 1.00 bits per heavy atom. The van der Waals surface area contributed by atoms with E-state index >= 15 is 0 Å². The van der Waals surface area contributed by atoms with Crippen molar-refractivity contribution in [2.75, 3.05) is 10.6 Å². The van der Waals surface area contributed by atoms with Crippen molar-refractivity contribution in [3.8, 4) is 0 Å². The predicted molar refractivity (Wildman–Crippen MR) is 77.7 cm³/mol. The molecule has 2 aromatic rings. The fraction of sp³-hybridized carbons (Fsp3) is 0.267. The molecule has 0 unspecified atom stereocenters. The Hall–Kier alpha value is -2.43. The molecule has 1 aliphatic carbocycles. The quantitative estimate of drug-likeness (QED) is 0.894. The van der Waals surface area contributed by atoms with E-state index in [2.05, 4.69) is 20.8 Å². The van der Waals surface area contributed by atoms with E-state index in [0.29, 0.717) is 11.6 Å². The Bertz CT molecular complexity index is 579. The van der Waals surface area contributed by atoms with E-state index in [-0.39, 0.29) is 11.8 Å². The van der Waals surface area contributed by atoms with Crippen LogP contribution in [0.2, 0.25) is 0 Å². The summed E-state index contributed by atoms with van der Waals surface area (Å²) in [6.45, 7) is 0. The number of nitrogens with one attached hydrogen (secondary N) is 2. The normalized spacial score (nSPS) is 14.4. The SMILES string of the molecule is O=C(Nc1ccc(Nc2ccccc2)nn1)C1CCC1. The Morgan fingerprint density at radius 2 is 1.70 bits per heavy atom. The summed E-state index contributed by atoms with van der Waals surface area (Å²) in [5.74, 6) is 1.35. The number of amides is 1. The molecule has 1 aliphatic rings. The molecular formula is C15H16N4O. The van der Waals surface area contributed by atoms with Crippen molar-refractivity contribution in [1.29, 1.82) is 0 Å². The number of hydrogen-bond donors (Lipinski definition) is 2. The van der Waals surface area contributed by atoms with E-state index in [4.69, 9.17) is 0 Å². The maximum absolute atomic E-state index is 11.8. The maximum Gasteiger partial charge on any atom is 0.228 e. The van der Waals surface area contributed by atoms with Crippen LogP contribution in [0.15, 0.2) is 42.5 Å². The van der Waals surface area contributed by atoms with Crippen LogP contribution in [-0.2, 0) is 4.79 Å². The number of rotatable bonds is 4. The van der Waals surface area contributed by atoms with E-state index in [1.54, 1.807) is 12.1 Å². The number of aromatic nitrogens is 2. The zero-order chi connectivity index (χ0) is 13.8. The van der Waals surface area contributed by atoms with Crippen LogP contribution in [0.3, 0.4) is 0 Å². The van der Waals surface area contributed by atoms with Crippen LogP contribution in [0.5, 0.6) is 0 Å². The lowest BCUT2D eigenvalue weighted by Crippen LogP contribution is -2.28. The summed E-state index contributed by atoms with van der Waals surface area (Å²) in [6, 6.07) is 13.3. The van der Waals surface area contributed by atoms with Crippen LogP contribution in [0.1, 0.15) is 19.3 Å². The summed E-state index contributed by atoms with van der Waals surface area (Å²) in [7, 11) is 0. The molecule has 1 fully saturated rings. The molecule has 1 heterocycles. The number of hydrogen-bond acceptors (Lipinski definition) is 4. The van der Waals surface area contributed by atoms with Crippen molar-refractivity contribution >= 4 is 23.2 Å². The first-order chi connectivity index (χ1) is 9.81. The molecule has 102 valence electrons. The lowest BCUT2D eigenvalue weighted by molar-refractivity contribution is -0.122. The highest BCUT2D eigenvalue weighted by Gasteiger charge is 2.25. The number of carbonyl (C=O) groups excluding carboxylic acids is 1. The van der Waals surface area contributed by atoms with Crippen LogP contribution >= 0.6 is 0 Å². The van der Waals surface area contributed by atoms with Gasteiger partial charge < -0.3 is 10.6 Å². The van der Waals surface area contributed by atoms with Gasteiger partial charge in [-0.15, -0.1) is 10.2 Å². The van der Waals surface area contributed by atoms with Gasteiger partial charge in [-0.05, 0) is 37.1 Å². The Morgan fingerprint density at radius 3 is 2.30 bits per heavy atom. The lowest BCUT2D eigenvalue weighted by atomic mass is 9.85. The first-order valence-corrected chi connectivity index (χ1v) is 6.78. The van der Waals surface area contributed by atoms with Crippen molar-refractivity contribution in [3.63, 3.8) is 0 Å². The second-order valence-electron chi connectivity index (χ2n) is 4.91. The Balaban J connectivity index is 1.61. The lowest BCUT2D eigenvalue weighted by Gasteiger charge is -2.23. The van der Waals surface area contributed by atoms with Crippen LogP contribution in [0, 0.1) is 5.92 Å². The molecule has 5 heteroatoms. The molecule has 3 rings (SSSR count). The monoisotopic (exact) mass is 268 g/mol. The van der Waals surface area contributed by atoms with E-state index in [1.165, 1.54) is 0 Å². The molecular weight excluding hydrogens is 252 g/mol. The van der Waals surface area contributed by atoms with Gasteiger partial charge in [0.2, 0.25) is 5.91 Å². The van der Waals surface area contributed by atoms with Crippen molar-refractivity contribution < 1.29 is 4.79 Å². The predicted octanol–water partition coefficient (Wildman–Crippen LogP) is 2.96. The zero-order valence-electron chi connectivity index (χ0n) is 11.0. The maximum atomic E-state index is 11.8. The molecule has 0 bridgehead atoms. The second-order valence-corrected chi connectivity index (χ2v) is 4.91. The Kier molecular flexibility index (Phi) is 3.58. The molecule has 1 aromatic heterocycles. The number of anilines is 3. The molecule has 0 atom stereocenters. The van der Waals surface area contributed by atoms with Crippen molar-refractivity contribution in [2.45, 2.75) is 19.3 Å². The third-order valence-electron chi connectivity index (χ3n) is 3.44. The van der Waals surface area contributed by atoms with Crippen LogP contribution < -0.4 is 10.6 Å². The van der Waals surface area contributed by atoms with Crippen LogP contribution in [0.25, 0.3) is 0 Å². The van der Waals surface area contributed by atoms with Crippen LogP contribution in [0.4, 0.5) is 17.3 Å². The third-order valence-corrected chi connectivity index (χ3v) is 3.44. The minimum Gasteiger partial charge on any atom is -0.339 e. The number of carbonyl (C=O) groups is 1. The van der Waals surface area contributed by atoms with Gasteiger partial charge in [-0.2, -0.15) is 0 Å². The average Bonchev–Trinajstić information content (AvgIpc) is 2.40. The van der Waals surface area contributed by atoms with Crippen molar-refractivity contribution in [1.82, 2.24) is 10.2 Å². The van der Waals surface area contributed by atoms with Gasteiger partial charge in [-0.25, -0.2) is 0 Å². The molecule has 0 saturated heterocycles. The third kappa shape index (κ3) is 2.93. The van der Waals surface area contributed by atoms with Gasteiger partial charge in [-0.1, -0.05) is 24.6 Å². The van der Waals surface area contributed by atoms with Gasteiger partial charge in [0.05, 0.1) is 0 Å². The smallest absolute Gasteiger partial charge is 0.228 e. The molecule has 0 radical (unpaired) electrons. The number of nitrogens with zero attached hydrogens (tertiary/aromatic N) is 2. The molecule has 2 N–H and O–H groups in total. The van der Waals surface area contributed by atoms with Gasteiger partial charge in [0.1, 0.15) is 0 Å². The number of benzene rings is 1. The second kappa shape index (κ2) is 5.69. The van der Waals surface area contributed by atoms with E-state index in [9.17, 15) is 4.79 Å². The summed E-state index contributed by atoms with van der Waals surface area (Å²) in [5, 5.41) is 14.0. The van der Waals surface area contributed by atoms with Crippen molar-refractivity contribution in [3.05, 3.63) is 42.5 Å². The standard InChI is InChI=1S/C15H16N4O/c20-15(11-5-4-6-11)17-14-10-9-13(18-19-14)16-12-7-2-1-3-8-12/h1-3,7-11H,4-6H2,(H,16,18)(H,17,19,20). The molecule has 1 saturated carbocycles. The number of para-hydroxylation sites is 1.